The molecule has 1 aromatic carbocycles. The largest absolute Gasteiger partial charge is 0.403 e. The van der Waals surface area contributed by atoms with E-state index in [4.69, 9.17) is 28.7 Å². The molecule has 5 nitrogen and oxygen atoms in total. The topological polar surface area (TPSA) is 130 Å². The Kier molecular flexibility index (Phi) is 6.96. The first-order valence-electron chi connectivity index (χ1n) is 11.1. The average Bonchev–Trinajstić information content (AvgIpc) is 2.74. The second-order valence-corrected chi connectivity index (χ2v) is 9.20. The van der Waals surface area contributed by atoms with Crippen LogP contribution in [0.2, 0.25) is 0 Å². The first kappa shape index (κ1) is 22.8. The van der Waals surface area contributed by atoms with Gasteiger partial charge in [0.2, 0.25) is 0 Å². The van der Waals surface area contributed by atoms with E-state index in [2.05, 4.69) is 51.1 Å². The van der Waals surface area contributed by atoms with Gasteiger partial charge in [-0.3, -0.25) is 0 Å². The minimum absolute atomic E-state index is 0.0508. The molecule has 0 bridgehead atoms. The maximum Gasteiger partial charge on any atom is 0.0553 e. The smallest absolute Gasteiger partial charge is 0.0553 e. The molecule has 0 amide bonds. The molecule has 1 aromatic rings. The third kappa shape index (κ3) is 4.88. The summed E-state index contributed by atoms with van der Waals surface area (Å²) >= 11 is 0. The molecule has 0 fully saturated rings. The van der Waals surface area contributed by atoms with Crippen molar-refractivity contribution in [2.45, 2.75) is 46.1 Å². The van der Waals surface area contributed by atoms with Crippen LogP contribution in [0.3, 0.4) is 0 Å². The van der Waals surface area contributed by atoms with Crippen LogP contribution in [0.4, 0.5) is 11.4 Å². The van der Waals surface area contributed by atoms with Crippen LogP contribution < -0.4 is 28.7 Å². The van der Waals surface area contributed by atoms with E-state index in [0.29, 0.717) is 23.0 Å². The Morgan fingerprint density at radius 1 is 1.03 bits per heavy atom. The Balaban J connectivity index is 2.02. The lowest BCUT2D eigenvalue weighted by atomic mass is 9.68. The van der Waals surface area contributed by atoms with Crippen molar-refractivity contribution in [3.63, 3.8) is 0 Å². The van der Waals surface area contributed by atoms with Crippen molar-refractivity contribution in [1.82, 2.24) is 0 Å². The van der Waals surface area contributed by atoms with Gasteiger partial charge in [0.1, 0.15) is 0 Å². The fourth-order valence-electron chi connectivity index (χ4n) is 4.87. The predicted octanol–water partition coefficient (Wildman–Crippen LogP) is 4.21. The van der Waals surface area contributed by atoms with Crippen molar-refractivity contribution in [2.75, 3.05) is 11.5 Å². The first-order chi connectivity index (χ1) is 14.7. The fraction of sp³-hybridized carbons (Fsp3) is 0.385. The van der Waals surface area contributed by atoms with E-state index in [-0.39, 0.29) is 17.9 Å². The van der Waals surface area contributed by atoms with Crippen LogP contribution in [-0.4, -0.2) is 6.04 Å². The first-order valence-corrected chi connectivity index (χ1v) is 11.1. The lowest BCUT2D eigenvalue weighted by molar-refractivity contribution is 0.360. The highest BCUT2D eigenvalue weighted by Gasteiger charge is 2.34. The maximum absolute atomic E-state index is 6.81. The van der Waals surface area contributed by atoms with Crippen LogP contribution in [0.15, 0.2) is 71.1 Å². The van der Waals surface area contributed by atoms with Crippen LogP contribution in [0.25, 0.3) is 5.57 Å². The number of allylic oxidation sites excluding steroid dienone is 7. The molecule has 0 radical (unpaired) electrons. The molecule has 0 heterocycles. The van der Waals surface area contributed by atoms with Gasteiger partial charge in [0.15, 0.2) is 0 Å². The lowest BCUT2D eigenvalue weighted by Crippen LogP contribution is -2.38. The zero-order chi connectivity index (χ0) is 22.7. The van der Waals surface area contributed by atoms with E-state index >= 15 is 0 Å². The Labute approximate surface area is 186 Å². The third-order valence-corrected chi connectivity index (χ3v) is 6.53. The average molecular weight is 420 g/mol. The van der Waals surface area contributed by atoms with Crippen LogP contribution in [-0.2, 0) is 0 Å². The predicted molar refractivity (Wildman–Crippen MR) is 133 cm³/mol. The van der Waals surface area contributed by atoms with Crippen molar-refractivity contribution in [3.05, 3.63) is 76.7 Å². The molecular weight excluding hydrogens is 382 g/mol. The summed E-state index contributed by atoms with van der Waals surface area (Å²) in [6.45, 7) is 6.73. The van der Waals surface area contributed by atoms with Crippen LogP contribution in [0, 0.1) is 17.8 Å². The SMILES string of the molecule is CC(C)CC(N)C1C(c2ccc(N)c(N)c2)=CC=C(C2=CC=C(/C(N)=C/N)CC2)C1C. The number of hydrogen-bond donors (Lipinski definition) is 5. The van der Waals surface area contributed by atoms with E-state index in [1.807, 2.05) is 12.1 Å². The Hall–Kier alpha value is -2.92. The van der Waals surface area contributed by atoms with Crippen LogP contribution >= 0.6 is 0 Å². The molecule has 166 valence electrons. The van der Waals surface area contributed by atoms with Crippen molar-refractivity contribution >= 4 is 16.9 Å². The van der Waals surface area contributed by atoms with E-state index in [0.717, 1.165) is 30.4 Å². The van der Waals surface area contributed by atoms with Gasteiger partial charge in [-0.05, 0) is 71.1 Å². The summed E-state index contributed by atoms with van der Waals surface area (Å²) in [4.78, 5) is 0. The molecule has 2 aliphatic carbocycles. The van der Waals surface area contributed by atoms with E-state index < -0.39 is 0 Å². The van der Waals surface area contributed by atoms with Gasteiger partial charge in [-0.25, -0.2) is 0 Å². The van der Waals surface area contributed by atoms with Gasteiger partial charge in [0.25, 0.3) is 0 Å². The zero-order valence-corrected chi connectivity index (χ0v) is 18.9. The Morgan fingerprint density at radius 3 is 2.32 bits per heavy atom. The molecule has 2 aliphatic rings. The third-order valence-electron chi connectivity index (χ3n) is 6.53. The molecule has 0 saturated heterocycles. The van der Waals surface area contributed by atoms with Crippen molar-refractivity contribution in [2.24, 2.45) is 35.0 Å². The van der Waals surface area contributed by atoms with Gasteiger partial charge in [-0.2, -0.15) is 0 Å². The quantitative estimate of drug-likeness (QED) is 0.441. The van der Waals surface area contributed by atoms with Gasteiger partial charge in [0, 0.05) is 18.2 Å². The second kappa shape index (κ2) is 9.48. The molecular formula is C26H37N5. The van der Waals surface area contributed by atoms with Crippen LogP contribution in [0.5, 0.6) is 0 Å². The second-order valence-electron chi connectivity index (χ2n) is 9.20. The zero-order valence-electron chi connectivity index (χ0n) is 18.9. The normalized spacial score (nSPS) is 23.1. The minimum Gasteiger partial charge on any atom is -0.403 e. The van der Waals surface area contributed by atoms with Gasteiger partial charge in [-0.15, -0.1) is 0 Å². The molecule has 0 saturated carbocycles. The highest BCUT2D eigenvalue weighted by molar-refractivity contribution is 5.78. The van der Waals surface area contributed by atoms with Crippen molar-refractivity contribution in [3.8, 4) is 0 Å². The molecule has 10 N–H and O–H groups in total. The lowest BCUT2D eigenvalue weighted by Gasteiger charge is -2.38. The molecule has 3 rings (SSSR count). The summed E-state index contributed by atoms with van der Waals surface area (Å²) in [7, 11) is 0. The van der Waals surface area contributed by atoms with E-state index in [9.17, 15) is 0 Å². The van der Waals surface area contributed by atoms with Gasteiger partial charge >= 0.3 is 0 Å². The standard InChI is InChI=1S/C26H37N5/c1-15(2)12-24(30)26-16(3)20(17-4-6-18(7-5-17)25(31)14-27)9-10-21(26)19-8-11-22(28)23(29)13-19/h4,6,8-11,13-16,24,26H,5,7,12,27-31H2,1-3H3/b25-14-. The summed E-state index contributed by atoms with van der Waals surface area (Å²) in [5.41, 5.74) is 38.4. The Bertz CT molecular complexity index is 978. The number of nitrogen functional groups attached to an aromatic ring is 2. The highest BCUT2D eigenvalue weighted by Crippen LogP contribution is 2.44. The summed E-state index contributed by atoms with van der Waals surface area (Å²) in [6.07, 6.45) is 13.0. The number of nitrogens with two attached hydrogens (primary N) is 5. The summed E-state index contributed by atoms with van der Waals surface area (Å²) in [5.74, 6) is 1.02. The van der Waals surface area contributed by atoms with Crippen LogP contribution in [0.1, 0.15) is 45.6 Å². The molecule has 0 aromatic heterocycles. The van der Waals surface area contributed by atoms with E-state index in [1.54, 1.807) is 0 Å². The monoisotopic (exact) mass is 419 g/mol. The van der Waals surface area contributed by atoms with Gasteiger partial charge in [0.05, 0.1) is 17.1 Å². The molecule has 0 spiro atoms. The maximum atomic E-state index is 6.81. The van der Waals surface area contributed by atoms with Gasteiger partial charge < -0.3 is 28.7 Å². The molecule has 0 aliphatic heterocycles. The molecule has 3 unspecified atom stereocenters. The highest BCUT2D eigenvalue weighted by atomic mass is 14.7. The van der Waals surface area contributed by atoms with Crippen molar-refractivity contribution < 1.29 is 0 Å². The van der Waals surface area contributed by atoms with E-state index in [1.165, 1.54) is 22.9 Å². The fourth-order valence-corrected chi connectivity index (χ4v) is 4.87. The number of rotatable bonds is 6. The summed E-state index contributed by atoms with van der Waals surface area (Å²) < 4.78 is 0. The number of benzene rings is 1. The molecule has 5 heteroatoms. The number of hydrogen-bond acceptors (Lipinski definition) is 5. The molecule has 3 atom stereocenters. The number of anilines is 2. The summed E-state index contributed by atoms with van der Waals surface area (Å²) in [5, 5.41) is 0. The Morgan fingerprint density at radius 2 is 1.74 bits per heavy atom. The van der Waals surface area contributed by atoms with Gasteiger partial charge in [-0.1, -0.05) is 51.1 Å². The van der Waals surface area contributed by atoms with Crippen molar-refractivity contribution in [1.29, 1.82) is 0 Å². The minimum atomic E-state index is 0.0508. The molecule has 31 heavy (non-hydrogen) atoms. The summed E-state index contributed by atoms with van der Waals surface area (Å²) in [6, 6.07) is 5.95.